The van der Waals surface area contributed by atoms with Crippen LogP contribution in [0.25, 0.3) is 0 Å². The minimum Gasteiger partial charge on any atom is -0.354 e. The predicted octanol–water partition coefficient (Wildman–Crippen LogP) is -1.70. The normalized spacial score (nSPS) is 13.1. The molecule has 0 aliphatic rings. The Morgan fingerprint density at radius 3 is 2.33 bits per heavy atom. The maximum atomic E-state index is 11.4. The molecule has 0 aliphatic carbocycles. The number of nitrogens with two attached hydrogens (primary N) is 2. The van der Waals surface area contributed by atoms with Crippen LogP contribution in [0.15, 0.2) is 0 Å². The molecule has 0 fully saturated rings. The number of hydrogen-bond acceptors (Lipinski definition) is 4. The van der Waals surface area contributed by atoms with E-state index in [0.29, 0.717) is 6.54 Å². The van der Waals surface area contributed by atoms with Gasteiger partial charge in [-0.05, 0) is 13.8 Å². The first-order valence-corrected chi connectivity index (χ1v) is 4.80. The molecular weight excluding hydrogens is 196 g/mol. The van der Waals surface area contributed by atoms with Gasteiger partial charge in [-0.2, -0.15) is 0 Å². The smallest absolute Gasteiger partial charge is 0.238 e. The molecule has 0 spiro atoms. The van der Waals surface area contributed by atoms with Gasteiger partial charge in [-0.15, -0.1) is 0 Å². The molecule has 0 heterocycles. The minimum atomic E-state index is -0.707. The summed E-state index contributed by atoms with van der Waals surface area (Å²) in [6.45, 7) is 5.46. The van der Waals surface area contributed by atoms with Gasteiger partial charge in [-0.1, -0.05) is 0 Å². The Hall–Kier alpha value is -1.14. The molecule has 0 bridgehead atoms. The molecule has 0 aliphatic heterocycles. The third-order valence-electron chi connectivity index (χ3n) is 1.83. The fourth-order valence-electron chi connectivity index (χ4n) is 0.923. The zero-order valence-electron chi connectivity index (χ0n) is 9.46. The highest BCUT2D eigenvalue weighted by molar-refractivity contribution is 5.82. The first-order valence-electron chi connectivity index (χ1n) is 4.80. The summed E-state index contributed by atoms with van der Waals surface area (Å²) in [5.41, 5.74) is 10.2. The van der Waals surface area contributed by atoms with Gasteiger partial charge in [0.15, 0.2) is 0 Å². The molecule has 2 amide bonds. The molecule has 0 saturated heterocycles. The van der Waals surface area contributed by atoms with E-state index in [1.54, 1.807) is 13.8 Å². The lowest BCUT2D eigenvalue weighted by atomic mass is 10.0. The van der Waals surface area contributed by atoms with Crippen molar-refractivity contribution in [3.8, 4) is 0 Å². The van der Waals surface area contributed by atoms with Crippen LogP contribution in [0.2, 0.25) is 0 Å². The van der Waals surface area contributed by atoms with Crippen LogP contribution in [0.3, 0.4) is 0 Å². The quantitative estimate of drug-likeness (QED) is 0.439. The van der Waals surface area contributed by atoms with Crippen molar-refractivity contribution in [3.63, 3.8) is 0 Å². The molecule has 0 saturated carbocycles. The summed E-state index contributed by atoms with van der Waals surface area (Å²) in [5, 5.41) is 5.33. The molecule has 1 atom stereocenters. The standard InChI is InChI=1S/C9H20N4O2/c1-6(14)12-5-9(2,3)13-8(15)7(11)4-10/h7H,4-5,10-11H2,1-3H3,(H,12,14)(H,13,15). The van der Waals surface area contributed by atoms with Crippen LogP contribution in [0, 0.1) is 0 Å². The van der Waals surface area contributed by atoms with Crippen molar-refractivity contribution in [1.82, 2.24) is 10.6 Å². The zero-order chi connectivity index (χ0) is 12.1. The first kappa shape index (κ1) is 13.9. The van der Waals surface area contributed by atoms with Crippen LogP contribution in [0.4, 0.5) is 0 Å². The van der Waals surface area contributed by atoms with Crippen LogP contribution >= 0.6 is 0 Å². The van der Waals surface area contributed by atoms with E-state index in [-0.39, 0.29) is 18.4 Å². The predicted molar refractivity (Wildman–Crippen MR) is 57.9 cm³/mol. The van der Waals surface area contributed by atoms with Gasteiger partial charge < -0.3 is 22.1 Å². The van der Waals surface area contributed by atoms with E-state index < -0.39 is 11.6 Å². The van der Waals surface area contributed by atoms with E-state index in [1.807, 2.05) is 0 Å². The van der Waals surface area contributed by atoms with Crippen LogP contribution in [-0.4, -0.2) is 36.5 Å². The first-order chi connectivity index (χ1) is 6.78. The lowest BCUT2D eigenvalue weighted by Gasteiger charge is -2.27. The fraction of sp³-hybridized carbons (Fsp3) is 0.778. The monoisotopic (exact) mass is 216 g/mol. The molecule has 6 N–H and O–H groups in total. The fourth-order valence-corrected chi connectivity index (χ4v) is 0.923. The summed E-state index contributed by atoms with van der Waals surface area (Å²) in [6.07, 6.45) is 0. The highest BCUT2D eigenvalue weighted by Gasteiger charge is 2.23. The zero-order valence-corrected chi connectivity index (χ0v) is 9.46. The number of amides is 2. The number of nitrogens with one attached hydrogen (secondary N) is 2. The summed E-state index contributed by atoms with van der Waals surface area (Å²) < 4.78 is 0. The average molecular weight is 216 g/mol. The molecular formula is C9H20N4O2. The third-order valence-corrected chi connectivity index (χ3v) is 1.83. The topological polar surface area (TPSA) is 110 Å². The SMILES string of the molecule is CC(=O)NCC(C)(C)NC(=O)C(N)CN. The van der Waals surface area contributed by atoms with E-state index in [1.165, 1.54) is 6.92 Å². The van der Waals surface area contributed by atoms with Crippen molar-refractivity contribution in [2.45, 2.75) is 32.4 Å². The van der Waals surface area contributed by atoms with Crippen molar-refractivity contribution in [3.05, 3.63) is 0 Å². The Morgan fingerprint density at radius 2 is 1.93 bits per heavy atom. The molecule has 6 nitrogen and oxygen atoms in total. The number of hydrogen-bond donors (Lipinski definition) is 4. The average Bonchev–Trinajstić information content (AvgIpc) is 2.13. The molecule has 0 radical (unpaired) electrons. The van der Waals surface area contributed by atoms with Gasteiger partial charge >= 0.3 is 0 Å². The van der Waals surface area contributed by atoms with Gasteiger partial charge in [-0.3, -0.25) is 9.59 Å². The lowest BCUT2D eigenvalue weighted by Crippen LogP contribution is -2.56. The number of carbonyl (C=O) groups is 2. The van der Waals surface area contributed by atoms with Crippen molar-refractivity contribution in [1.29, 1.82) is 0 Å². The van der Waals surface area contributed by atoms with Crippen LogP contribution < -0.4 is 22.1 Å². The Bertz CT molecular complexity index is 240. The van der Waals surface area contributed by atoms with Crippen molar-refractivity contribution in [2.24, 2.45) is 11.5 Å². The molecule has 1 unspecified atom stereocenters. The van der Waals surface area contributed by atoms with Crippen LogP contribution in [0.5, 0.6) is 0 Å². The maximum Gasteiger partial charge on any atom is 0.238 e. The molecule has 0 aromatic carbocycles. The van der Waals surface area contributed by atoms with Gasteiger partial charge in [0.2, 0.25) is 11.8 Å². The summed E-state index contributed by atoms with van der Waals surface area (Å²) in [4.78, 5) is 22.1. The highest BCUT2D eigenvalue weighted by atomic mass is 16.2. The van der Waals surface area contributed by atoms with Gasteiger partial charge in [0.1, 0.15) is 0 Å². The molecule has 0 rings (SSSR count). The Kier molecular flexibility index (Phi) is 5.24. The van der Waals surface area contributed by atoms with E-state index in [0.717, 1.165) is 0 Å². The molecule has 15 heavy (non-hydrogen) atoms. The Balaban J connectivity index is 4.12. The second kappa shape index (κ2) is 5.67. The minimum absolute atomic E-state index is 0.0993. The Morgan fingerprint density at radius 1 is 1.40 bits per heavy atom. The molecule has 6 heteroatoms. The summed E-state index contributed by atoms with van der Waals surface area (Å²) in [6, 6.07) is -0.707. The second-order valence-electron chi connectivity index (χ2n) is 4.13. The van der Waals surface area contributed by atoms with Crippen LogP contribution in [-0.2, 0) is 9.59 Å². The molecule has 0 aromatic heterocycles. The van der Waals surface area contributed by atoms with Gasteiger partial charge in [0.05, 0.1) is 11.6 Å². The molecule has 88 valence electrons. The van der Waals surface area contributed by atoms with E-state index in [4.69, 9.17) is 11.5 Å². The largest absolute Gasteiger partial charge is 0.354 e. The highest BCUT2D eigenvalue weighted by Crippen LogP contribution is 2.00. The van der Waals surface area contributed by atoms with E-state index in [2.05, 4.69) is 10.6 Å². The van der Waals surface area contributed by atoms with Gasteiger partial charge in [-0.25, -0.2) is 0 Å². The third kappa shape index (κ3) is 6.03. The van der Waals surface area contributed by atoms with Crippen molar-refractivity contribution in [2.75, 3.05) is 13.1 Å². The Labute approximate surface area is 89.8 Å². The van der Waals surface area contributed by atoms with Crippen molar-refractivity contribution >= 4 is 11.8 Å². The van der Waals surface area contributed by atoms with E-state index in [9.17, 15) is 9.59 Å². The maximum absolute atomic E-state index is 11.4. The van der Waals surface area contributed by atoms with Crippen molar-refractivity contribution < 1.29 is 9.59 Å². The number of carbonyl (C=O) groups excluding carboxylic acids is 2. The van der Waals surface area contributed by atoms with Gasteiger partial charge in [0.25, 0.3) is 0 Å². The molecule has 0 aromatic rings. The summed E-state index contributed by atoms with van der Waals surface area (Å²) in [5.74, 6) is -0.451. The number of rotatable bonds is 5. The van der Waals surface area contributed by atoms with E-state index >= 15 is 0 Å². The summed E-state index contributed by atoms with van der Waals surface area (Å²) >= 11 is 0. The van der Waals surface area contributed by atoms with Gasteiger partial charge in [0, 0.05) is 20.0 Å². The summed E-state index contributed by atoms with van der Waals surface area (Å²) in [7, 11) is 0. The lowest BCUT2D eigenvalue weighted by molar-refractivity contribution is -0.124. The van der Waals surface area contributed by atoms with Crippen LogP contribution in [0.1, 0.15) is 20.8 Å². The second-order valence-corrected chi connectivity index (χ2v) is 4.13.